The Labute approximate surface area is 82.6 Å². The maximum Gasteiger partial charge on any atom is 0.337 e. The number of ether oxygens (including phenoxy) is 1. The highest BCUT2D eigenvalue weighted by molar-refractivity contribution is 5.73. The van der Waals surface area contributed by atoms with Crippen molar-refractivity contribution in [1.82, 2.24) is 0 Å². The number of esters is 1. The number of allylic oxidation sites excluding steroid dienone is 1. The molecule has 1 rings (SSSR count). The van der Waals surface area contributed by atoms with Crippen LogP contribution in [-0.2, 0) is 11.2 Å². The van der Waals surface area contributed by atoms with Crippen LogP contribution in [0.2, 0.25) is 0 Å². The highest BCUT2D eigenvalue weighted by Crippen LogP contribution is 2.12. The summed E-state index contributed by atoms with van der Waals surface area (Å²) in [5.41, 5.74) is 1.10. The molecule has 0 spiro atoms. The Morgan fingerprint density at radius 1 is 1.43 bits per heavy atom. The van der Waals surface area contributed by atoms with E-state index in [2.05, 4.69) is 6.58 Å². The highest BCUT2D eigenvalue weighted by Gasteiger charge is 2.01. The fourth-order valence-corrected chi connectivity index (χ4v) is 1.02. The van der Waals surface area contributed by atoms with Crippen molar-refractivity contribution in [3.05, 3.63) is 42.5 Å². The molecule has 0 aliphatic carbocycles. The minimum absolute atomic E-state index is 0.442. The lowest BCUT2D eigenvalue weighted by molar-refractivity contribution is -0.137. The van der Waals surface area contributed by atoms with Crippen molar-refractivity contribution < 1.29 is 14.6 Å². The quantitative estimate of drug-likeness (QED) is 0.444. The zero-order valence-corrected chi connectivity index (χ0v) is 7.77. The van der Waals surface area contributed by atoms with E-state index in [0.29, 0.717) is 5.75 Å². The zero-order chi connectivity index (χ0) is 10.4. The van der Waals surface area contributed by atoms with Gasteiger partial charge in [-0.05, 0) is 24.1 Å². The highest BCUT2D eigenvalue weighted by atomic mass is 16.5. The number of rotatable bonds is 4. The van der Waals surface area contributed by atoms with Crippen LogP contribution in [-0.4, -0.2) is 17.7 Å². The first kappa shape index (κ1) is 10.5. The first-order chi connectivity index (χ1) is 6.76. The van der Waals surface area contributed by atoms with Crippen molar-refractivity contribution in [2.45, 2.75) is 6.42 Å². The Bertz CT molecular complexity index is 314. The number of hydrogen-bond acceptors (Lipinski definition) is 3. The molecule has 0 atom stereocenters. The van der Waals surface area contributed by atoms with Gasteiger partial charge in [-0.15, -0.1) is 6.58 Å². The van der Waals surface area contributed by atoms with Gasteiger partial charge in [0, 0.05) is 0 Å². The third kappa shape index (κ3) is 3.03. The van der Waals surface area contributed by atoms with E-state index in [0.717, 1.165) is 12.0 Å². The van der Waals surface area contributed by atoms with Crippen molar-refractivity contribution in [1.29, 1.82) is 0 Å². The summed E-state index contributed by atoms with van der Waals surface area (Å²) < 4.78 is 4.78. The van der Waals surface area contributed by atoms with E-state index in [4.69, 9.17) is 9.84 Å². The lowest BCUT2D eigenvalue weighted by Crippen LogP contribution is -2.11. The number of aliphatic hydroxyl groups is 1. The second-order valence-corrected chi connectivity index (χ2v) is 2.77. The van der Waals surface area contributed by atoms with Crippen LogP contribution in [0.15, 0.2) is 36.9 Å². The number of aliphatic hydroxyl groups excluding tert-OH is 1. The molecule has 14 heavy (non-hydrogen) atoms. The van der Waals surface area contributed by atoms with Gasteiger partial charge in [-0.1, -0.05) is 18.2 Å². The number of benzene rings is 1. The van der Waals surface area contributed by atoms with Gasteiger partial charge in [0.2, 0.25) is 0 Å². The topological polar surface area (TPSA) is 46.5 Å². The molecule has 0 unspecified atom stereocenters. The van der Waals surface area contributed by atoms with Crippen LogP contribution in [0.25, 0.3) is 0 Å². The standard InChI is InChI=1S/C11H12O3/c1-2-3-9-4-6-10(7-5-9)14-11(13)8-12/h2,4-7,12H,1,3,8H2. The van der Waals surface area contributed by atoms with Gasteiger partial charge in [0.05, 0.1) is 0 Å². The lowest BCUT2D eigenvalue weighted by Gasteiger charge is -2.02. The molecule has 0 bridgehead atoms. The predicted molar refractivity (Wildman–Crippen MR) is 53.1 cm³/mol. The molecule has 1 aromatic rings. The minimum atomic E-state index is -0.651. The Morgan fingerprint density at radius 3 is 2.57 bits per heavy atom. The molecule has 0 amide bonds. The van der Waals surface area contributed by atoms with Gasteiger partial charge in [0.25, 0.3) is 0 Å². The summed E-state index contributed by atoms with van der Waals surface area (Å²) >= 11 is 0. The predicted octanol–water partition coefficient (Wildman–Crippen LogP) is 1.31. The molecular formula is C11H12O3. The summed E-state index contributed by atoms with van der Waals surface area (Å²) in [6, 6.07) is 7.07. The Balaban J connectivity index is 2.63. The molecule has 3 nitrogen and oxygen atoms in total. The van der Waals surface area contributed by atoms with Crippen molar-refractivity contribution in [2.75, 3.05) is 6.61 Å². The van der Waals surface area contributed by atoms with E-state index in [-0.39, 0.29) is 0 Å². The van der Waals surface area contributed by atoms with Crippen LogP contribution in [0.4, 0.5) is 0 Å². The molecule has 0 fully saturated rings. The Morgan fingerprint density at radius 2 is 2.07 bits per heavy atom. The maximum absolute atomic E-state index is 10.7. The van der Waals surface area contributed by atoms with E-state index in [1.807, 2.05) is 12.1 Å². The fraction of sp³-hybridized carbons (Fsp3) is 0.182. The van der Waals surface area contributed by atoms with Gasteiger partial charge in [-0.3, -0.25) is 0 Å². The largest absolute Gasteiger partial charge is 0.425 e. The summed E-state index contributed by atoms with van der Waals surface area (Å²) in [7, 11) is 0. The van der Waals surface area contributed by atoms with Crippen molar-refractivity contribution in [2.24, 2.45) is 0 Å². The van der Waals surface area contributed by atoms with E-state index >= 15 is 0 Å². The van der Waals surface area contributed by atoms with E-state index in [9.17, 15) is 4.79 Å². The average Bonchev–Trinajstić information content (AvgIpc) is 2.21. The summed E-state index contributed by atoms with van der Waals surface area (Å²) in [6.07, 6.45) is 2.59. The zero-order valence-electron chi connectivity index (χ0n) is 7.77. The third-order valence-electron chi connectivity index (χ3n) is 1.66. The monoisotopic (exact) mass is 192 g/mol. The molecule has 0 aliphatic rings. The van der Waals surface area contributed by atoms with Crippen LogP contribution in [0.5, 0.6) is 5.75 Å². The van der Waals surface area contributed by atoms with E-state index in [1.165, 1.54) is 0 Å². The van der Waals surface area contributed by atoms with Gasteiger partial charge >= 0.3 is 5.97 Å². The number of carbonyl (C=O) groups excluding carboxylic acids is 1. The smallest absolute Gasteiger partial charge is 0.337 e. The molecule has 74 valence electrons. The summed E-state index contributed by atoms with van der Waals surface area (Å²) in [5, 5.41) is 8.45. The SMILES string of the molecule is C=CCc1ccc(OC(=O)CO)cc1. The molecule has 0 heterocycles. The van der Waals surface area contributed by atoms with Crippen LogP contribution in [0.3, 0.4) is 0 Å². The van der Waals surface area contributed by atoms with Gasteiger partial charge in [-0.25, -0.2) is 4.79 Å². The minimum Gasteiger partial charge on any atom is -0.425 e. The molecule has 1 aromatic carbocycles. The van der Waals surface area contributed by atoms with Gasteiger partial charge in [0.1, 0.15) is 12.4 Å². The van der Waals surface area contributed by atoms with Crippen molar-refractivity contribution >= 4 is 5.97 Å². The maximum atomic E-state index is 10.7. The first-order valence-corrected chi connectivity index (χ1v) is 4.27. The molecule has 0 aromatic heterocycles. The van der Waals surface area contributed by atoms with Gasteiger partial charge in [-0.2, -0.15) is 0 Å². The first-order valence-electron chi connectivity index (χ1n) is 4.27. The molecule has 0 saturated heterocycles. The van der Waals surface area contributed by atoms with Crippen LogP contribution < -0.4 is 4.74 Å². The molecule has 1 N–H and O–H groups in total. The molecular weight excluding hydrogens is 180 g/mol. The van der Waals surface area contributed by atoms with Crippen molar-refractivity contribution in [3.8, 4) is 5.75 Å². The second-order valence-electron chi connectivity index (χ2n) is 2.77. The fourth-order valence-electron chi connectivity index (χ4n) is 1.02. The lowest BCUT2D eigenvalue weighted by atomic mass is 10.1. The summed E-state index contributed by atoms with van der Waals surface area (Å²) in [5.74, 6) is -0.210. The normalized spacial score (nSPS) is 9.50. The Hall–Kier alpha value is -1.61. The van der Waals surface area contributed by atoms with Gasteiger partial charge in [0.15, 0.2) is 0 Å². The van der Waals surface area contributed by atoms with Crippen LogP contribution >= 0.6 is 0 Å². The average molecular weight is 192 g/mol. The molecule has 0 aliphatic heterocycles. The summed E-state index contributed by atoms with van der Waals surface area (Å²) in [4.78, 5) is 10.7. The van der Waals surface area contributed by atoms with Crippen molar-refractivity contribution in [3.63, 3.8) is 0 Å². The summed E-state index contributed by atoms with van der Waals surface area (Å²) in [6.45, 7) is 3.02. The molecule has 0 radical (unpaired) electrons. The molecule has 3 heteroatoms. The number of carbonyl (C=O) groups is 1. The molecule has 0 saturated carbocycles. The van der Waals surface area contributed by atoms with Crippen LogP contribution in [0.1, 0.15) is 5.56 Å². The third-order valence-corrected chi connectivity index (χ3v) is 1.66. The van der Waals surface area contributed by atoms with E-state index in [1.54, 1.807) is 18.2 Å². The van der Waals surface area contributed by atoms with Gasteiger partial charge < -0.3 is 9.84 Å². The van der Waals surface area contributed by atoms with Crippen LogP contribution in [0, 0.1) is 0 Å². The van der Waals surface area contributed by atoms with E-state index < -0.39 is 12.6 Å². The number of hydrogen-bond donors (Lipinski definition) is 1. The second kappa shape index (κ2) is 5.19. The Kier molecular flexibility index (Phi) is 3.88.